The number of thioether (sulfide) groups is 1. The van der Waals surface area contributed by atoms with Gasteiger partial charge < -0.3 is 14.2 Å². The van der Waals surface area contributed by atoms with Crippen LogP contribution >= 0.6 is 11.8 Å². The standard InChI is InChI=1S/C21H24N2O7S/c1-4-29-21(25)19-16(11-31-10-15-9-30-15)22-12(2)17(20(24)28-3)18(19)13-6-5-7-14(8-13)23(26)27/h5-8,15,17-18H,4,9-11H2,1-3H3. The first-order valence-electron chi connectivity index (χ1n) is 9.84. The lowest BCUT2D eigenvalue weighted by Gasteiger charge is -2.31. The highest BCUT2D eigenvalue weighted by atomic mass is 32.2. The second kappa shape index (κ2) is 10.1. The zero-order valence-corrected chi connectivity index (χ0v) is 18.3. The predicted octanol–water partition coefficient (Wildman–Crippen LogP) is 2.89. The van der Waals surface area contributed by atoms with Crippen LogP contribution in [-0.4, -0.2) is 60.5 Å². The van der Waals surface area contributed by atoms with E-state index in [2.05, 4.69) is 4.99 Å². The van der Waals surface area contributed by atoms with Gasteiger partial charge in [0.05, 0.1) is 42.6 Å². The Bertz CT molecular complexity index is 939. The van der Waals surface area contributed by atoms with E-state index in [-0.39, 0.29) is 24.0 Å². The van der Waals surface area contributed by atoms with Gasteiger partial charge in [0.15, 0.2) is 0 Å². The molecule has 1 fully saturated rings. The second-order valence-electron chi connectivity index (χ2n) is 7.14. The number of non-ortho nitro benzene ring substituents is 1. The van der Waals surface area contributed by atoms with E-state index in [1.807, 2.05) is 0 Å². The number of hydrogen-bond donors (Lipinski definition) is 0. The maximum Gasteiger partial charge on any atom is 0.336 e. The summed E-state index contributed by atoms with van der Waals surface area (Å²) in [5, 5.41) is 11.3. The molecule has 2 aliphatic heterocycles. The first-order chi connectivity index (χ1) is 14.9. The number of nitrogens with zero attached hydrogens (tertiary/aromatic N) is 2. The monoisotopic (exact) mass is 448 g/mol. The van der Waals surface area contributed by atoms with E-state index in [4.69, 9.17) is 14.2 Å². The number of carbonyl (C=O) groups is 2. The Hall–Kier alpha value is -2.72. The van der Waals surface area contributed by atoms with E-state index in [9.17, 15) is 19.7 Å². The van der Waals surface area contributed by atoms with Crippen molar-refractivity contribution in [1.82, 2.24) is 0 Å². The number of benzene rings is 1. The minimum Gasteiger partial charge on any atom is -0.468 e. The van der Waals surface area contributed by atoms with Gasteiger partial charge >= 0.3 is 11.9 Å². The molecule has 0 aliphatic carbocycles. The van der Waals surface area contributed by atoms with Gasteiger partial charge in [-0.3, -0.25) is 19.9 Å². The Labute approximate surface area is 184 Å². The van der Waals surface area contributed by atoms with Crippen LogP contribution < -0.4 is 0 Å². The summed E-state index contributed by atoms with van der Waals surface area (Å²) < 4.78 is 15.5. The van der Waals surface area contributed by atoms with Crippen molar-refractivity contribution in [2.75, 3.05) is 31.8 Å². The molecule has 0 radical (unpaired) electrons. The summed E-state index contributed by atoms with van der Waals surface area (Å²) in [7, 11) is 1.26. The van der Waals surface area contributed by atoms with E-state index >= 15 is 0 Å². The van der Waals surface area contributed by atoms with Crippen molar-refractivity contribution in [3.8, 4) is 0 Å². The average Bonchev–Trinajstić information content (AvgIpc) is 3.57. The van der Waals surface area contributed by atoms with Crippen LogP contribution in [0.3, 0.4) is 0 Å². The molecule has 0 bridgehead atoms. The second-order valence-corrected chi connectivity index (χ2v) is 8.17. The Kier molecular flexibility index (Phi) is 7.45. The molecule has 3 rings (SSSR count). The molecule has 2 heterocycles. The molecular formula is C21H24N2O7S. The third-order valence-corrected chi connectivity index (χ3v) is 6.14. The fourth-order valence-corrected chi connectivity index (χ4v) is 4.56. The molecule has 10 heteroatoms. The van der Waals surface area contributed by atoms with Gasteiger partial charge in [-0.25, -0.2) is 4.79 Å². The summed E-state index contributed by atoms with van der Waals surface area (Å²) in [5.74, 6) is -1.69. The lowest BCUT2D eigenvalue weighted by molar-refractivity contribution is -0.384. The van der Waals surface area contributed by atoms with Crippen LogP contribution in [0.1, 0.15) is 25.3 Å². The van der Waals surface area contributed by atoms with Crippen LogP contribution in [0.4, 0.5) is 5.69 Å². The van der Waals surface area contributed by atoms with Crippen molar-refractivity contribution in [3.63, 3.8) is 0 Å². The smallest absolute Gasteiger partial charge is 0.336 e. The highest BCUT2D eigenvalue weighted by Crippen LogP contribution is 2.41. The molecule has 31 heavy (non-hydrogen) atoms. The van der Waals surface area contributed by atoms with E-state index in [1.54, 1.807) is 31.7 Å². The summed E-state index contributed by atoms with van der Waals surface area (Å²) in [6.07, 6.45) is 0.209. The number of hydrogen-bond acceptors (Lipinski definition) is 9. The highest BCUT2D eigenvalue weighted by Gasteiger charge is 2.43. The fourth-order valence-electron chi connectivity index (χ4n) is 3.57. The molecule has 1 aromatic carbocycles. The van der Waals surface area contributed by atoms with Gasteiger partial charge in [0, 0.05) is 35.3 Å². The molecule has 0 spiro atoms. The van der Waals surface area contributed by atoms with Crippen molar-refractivity contribution < 1.29 is 28.7 Å². The Morgan fingerprint density at radius 1 is 1.39 bits per heavy atom. The number of nitro benzene ring substituents is 1. The number of epoxide rings is 1. The minimum absolute atomic E-state index is 0.133. The summed E-state index contributed by atoms with van der Waals surface area (Å²) >= 11 is 1.57. The van der Waals surface area contributed by atoms with Crippen LogP contribution in [0.5, 0.6) is 0 Å². The number of aliphatic imine (C=N–C) groups is 1. The van der Waals surface area contributed by atoms with Gasteiger partial charge in [0.2, 0.25) is 0 Å². The quantitative estimate of drug-likeness (QED) is 0.245. The van der Waals surface area contributed by atoms with Gasteiger partial charge in [-0.15, -0.1) is 0 Å². The van der Waals surface area contributed by atoms with Crippen LogP contribution in [-0.2, 0) is 23.8 Å². The zero-order chi connectivity index (χ0) is 22.5. The maximum atomic E-state index is 13.0. The summed E-state index contributed by atoms with van der Waals surface area (Å²) in [4.78, 5) is 41.1. The van der Waals surface area contributed by atoms with E-state index in [1.165, 1.54) is 25.3 Å². The molecule has 1 aromatic rings. The third kappa shape index (κ3) is 5.31. The predicted molar refractivity (Wildman–Crippen MR) is 115 cm³/mol. The normalized spacial score (nSPS) is 22.5. The van der Waals surface area contributed by atoms with E-state index in [0.717, 1.165) is 12.4 Å². The minimum atomic E-state index is -0.896. The summed E-state index contributed by atoms with van der Waals surface area (Å²) in [6.45, 7) is 4.25. The molecule has 0 saturated carbocycles. The van der Waals surface area contributed by atoms with Crippen molar-refractivity contribution in [2.24, 2.45) is 10.9 Å². The summed E-state index contributed by atoms with van der Waals surface area (Å²) in [5.41, 5.74) is 1.53. The molecule has 3 unspecified atom stereocenters. The number of rotatable bonds is 9. The van der Waals surface area contributed by atoms with E-state index in [0.29, 0.717) is 22.7 Å². The number of methoxy groups -OCH3 is 1. The van der Waals surface area contributed by atoms with Gasteiger partial charge in [0.25, 0.3) is 5.69 Å². The Balaban J connectivity index is 2.11. The molecular weight excluding hydrogens is 424 g/mol. The number of ether oxygens (including phenoxy) is 3. The largest absolute Gasteiger partial charge is 0.468 e. The SMILES string of the molecule is CCOC(=O)C1=C(CSCC2CO2)N=C(C)C(C(=O)OC)C1c1cccc([N+](=O)[O-])c1. The Morgan fingerprint density at radius 3 is 2.74 bits per heavy atom. The molecule has 0 aromatic heterocycles. The van der Waals surface area contributed by atoms with Crippen LogP contribution in [0.2, 0.25) is 0 Å². The lowest BCUT2D eigenvalue weighted by atomic mass is 9.75. The van der Waals surface area contributed by atoms with Crippen LogP contribution in [0.15, 0.2) is 40.5 Å². The van der Waals surface area contributed by atoms with Crippen molar-refractivity contribution >= 4 is 35.1 Å². The maximum absolute atomic E-state index is 13.0. The molecule has 166 valence electrons. The van der Waals surface area contributed by atoms with E-state index < -0.39 is 28.7 Å². The number of carbonyl (C=O) groups excluding carboxylic acids is 2. The third-order valence-electron chi connectivity index (χ3n) is 5.05. The highest BCUT2D eigenvalue weighted by molar-refractivity contribution is 7.99. The van der Waals surface area contributed by atoms with Crippen molar-refractivity contribution in [3.05, 3.63) is 51.2 Å². The van der Waals surface area contributed by atoms with Gasteiger partial charge in [-0.05, 0) is 19.4 Å². The van der Waals surface area contributed by atoms with Crippen LogP contribution in [0, 0.1) is 16.0 Å². The lowest BCUT2D eigenvalue weighted by Crippen LogP contribution is -2.36. The number of esters is 2. The molecule has 0 N–H and O–H groups in total. The first kappa shape index (κ1) is 23.0. The zero-order valence-electron chi connectivity index (χ0n) is 17.5. The van der Waals surface area contributed by atoms with Gasteiger partial charge in [-0.1, -0.05) is 12.1 Å². The molecule has 1 saturated heterocycles. The molecule has 0 amide bonds. The average molecular weight is 448 g/mol. The topological polar surface area (TPSA) is 121 Å². The van der Waals surface area contributed by atoms with Crippen LogP contribution in [0.25, 0.3) is 0 Å². The van der Waals surface area contributed by atoms with Gasteiger partial charge in [0.1, 0.15) is 5.92 Å². The molecule has 9 nitrogen and oxygen atoms in total. The fraction of sp³-hybridized carbons (Fsp3) is 0.476. The summed E-state index contributed by atoms with van der Waals surface area (Å²) in [6, 6.07) is 5.93. The Morgan fingerprint density at radius 2 is 2.13 bits per heavy atom. The van der Waals surface area contributed by atoms with Crippen molar-refractivity contribution in [1.29, 1.82) is 0 Å². The van der Waals surface area contributed by atoms with Gasteiger partial charge in [-0.2, -0.15) is 11.8 Å². The number of nitro groups is 1. The molecule has 3 atom stereocenters. The molecule has 2 aliphatic rings. The van der Waals surface area contributed by atoms with Crippen molar-refractivity contribution in [2.45, 2.75) is 25.9 Å². The first-order valence-corrected chi connectivity index (χ1v) is 11.0.